The number of methoxy groups -OCH3 is 1. The summed E-state index contributed by atoms with van der Waals surface area (Å²) in [5, 5.41) is 10.7. The van der Waals surface area contributed by atoms with E-state index in [1.54, 1.807) is 13.3 Å². The predicted octanol–water partition coefficient (Wildman–Crippen LogP) is 4.17. The summed E-state index contributed by atoms with van der Waals surface area (Å²) >= 11 is 8.46. The van der Waals surface area contributed by atoms with Gasteiger partial charge in [0.15, 0.2) is 0 Å². The van der Waals surface area contributed by atoms with E-state index in [1.165, 1.54) is 11.0 Å². The molecule has 0 amide bonds. The normalized spacial score (nSPS) is 11.0. The fourth-order valence-corrected chi connectivity index (χ4v) is 2.55. The van der Waals surface area contributed by atoms with E-state index in [-0.39, 0.29) is 0 Å². The van der Waals surface area contributed by atoms with Crippen LogP contribution in [0.1, 0.15) is 11.1 Å². The molecule has 0 radical (unpaired) electrons. The van der Waals surface area contributed by atoms with E-state index in [0.29, 0.717) is 11.4 Å². The van der Waals surface area contributed by atoms with Gasteiger partial charge in [-0.1, -0.05) is 15.9 Å². The van der Waals surface area contributed by atoms with Gasteiger partial charge < -0.3 is 9.47 Å². The molecule has 3 aromatic rings. The Hall–Kier alpha value is -2.45. The van der Waals surface area contributed by atoms with Crippen molar-refractivity contribution in [1.29, 1.82) is 0 Å². The summed E-state index contributed by atoms with van der Waals surface area (Å²) in [5.41, 5.74) is 1.82. The van der Waals surface area contributed by atoms with Crippen molar-refractivity contribution in [2.24, 2.45) is 5.10 Å². The van der Waals surface area contributed by atoms with Crippen molar-refractivity contribution in [3.05, 3.63) is 69.2 Å². The smallest absolute Gasteiger partial charge is 0.216 e. The Morgan fingerprint density at radius 1 is 1.28 bits per heavy atom. The summed E-state index contributed by atoms with van der Waals surface area (Å²) in [6, 6.07) is 13.4. The average Bonchev–Trinajstić information content (AvgIpc) is 3.04. The van der Waals surface area contributed by atoms with Crippen LogP contribution in [0.2, 0.25) is 0 Å². The van der Waals surface area contributed by atoms with Crippen molar-refractivity contribution in [1.82, 2.24) is 14.9 Å². The Balaban J connectivity index is 1.77. The van der Waals surface area contributed by atoms with Gasteiger partial charge in [0.2, 0.25) is 4.77 Å². The van der Waals surface area contributed by atoms with Gasteiger partial charge in [0.05, 0.1) is 13.3 Å². The lowest BCUT2D eigenvalue weighted by Crippen LogP contribution is -2.00. The molecule has 0 spiro atoms. The molecular weight excluding hydrogens is 404 g/mol. The van der Waals surface area contributed by atoms with Crippen LogP contribution in [0, 0.1) is 4.77 Å². The first-order valence-electron chi connectivity index (χ1n) is 7.37. The van der Waals surface area contributed by atoms with Crippen LogP contribution in [0.15, 0.2) is 58.4 Å². The Bertz CT molecular complexity index is 934. The number of benzene rings is 2. The summed E-state index contributed by atoms with van der Waals surface area (Å²) in [6.45, 7) is 0.387. The molecule has 8 heteroatoms. The quantitative estimate of drug-likeness (QED) is 0.481. The lowest BCUT2D eigenvalue weighted by Gasteiger charge is -2.11. The van der Waals surface area contributed by atoms with Crippen molar-refractivity contribution in [3.63, 3.8) is 0 Å². The van der Waals surface area contributed by atoms with E-state index < -0.39 is 0 Å². The molecule has 0 bridgehead atoms. The minimum atomic E-state index is 0.387. The Kier molecular flexibility index (Phi) is 5.62. The maximum Gasteiger partial charge on any atom is 0.216 e. The molecule has 0 aliphatic rings. The summed E-state index contributed by atoms with van der Waals surface area (Å²) in [6.07, 6.45) is 3.22. The van der Waals surface area contributed by atoms with E-state index in [9.17, 15) is 0 Å². The van der Waals surface area contributed by atoms with Gasteiger partial charge >= 0.3 is 0 Å². The largest absolute Gasteiger partial charge is 0.496 e. The van der Waals surface area contributed by atoms with Crippen molar-refractivity contribution >= 4 is 34.4 Å². The first-order valence-corrected chi connectivity index (χ1v) is 8.57. The first-order chi connectivity index (χ1) is 12.2. The highest BCUT2D eigenvalue weighted by molar-refractivity contribution is 9.10. The molecule has 1 aromatic heterocycles. The number of ether oxygens (including phenoxy) is 2. The molecule has 128 valence electrons. The van der Waals surface area contributed by atoms with Gasteiger partial charge in [0.25, 0.3) is 0 Å². The van der Waals surface area contributed by atoms with Gasteiger partial charge in [-0.3, -0.25) is 5.10 Å². The lowest BCUT2D eigenvalue weighted by molar-refractivity contribution is 0.296. The van der Waals surface area contributed by atoms with E-state index in [1.807, 2.05) is 42.5 Å². The van der Waals surface area contributed by atoms with E-state index >= 15 is 0 Å². The third-order valence-electron chi connectivity index (χ3n) is 3.38. The molecule has 0 atom stereocenters. The SMILES string of the molecule is COc1ccc(/C=N\n2cn[nH]c2=S)cc1COc1ccc(Br)cc1. The highest BCUT2D eigenvalue weighted by atomic mass is 79.9. The Morgan fingerprint density at radius 3 is 2.76 bits per heavy atom. The third-order valence-corrected chi connectivity index (χ3v) is 4.19. The van der Waals surface area contributed by atoms with E-state index in [2.05, 4.69) is 31.2 Å². The van der Waals surface area contributed by atoms with Gasteiger partial charge in [-0.05, 0) is 60.2 Å². The molecular formula is C17H15BrN4O2S. The van der Waals surface area contributed by atoms with Crippen LogP contribution >= 0.6 is 28.1 Å². The van der Waals surface area contributed by atoms with Crippen LogP contribution < -0.4 is 9.47 Å². The van der Waals surface area contributed by atoms with Crippen LogP contribution in [0.25, 0.3) is 0 Å². The molecule has 0 aliphatic carbocycles. The van der Waals surface area contributed by atoms with Crippen LogP contribution in [-0.2, 0) is 6.61 Å². The van der Waals surface area contributed by atoms with Gasteiger partial charge in [0.1, 0.15) is 24.4 Å². The maximum atomic E-state index is 5.83. The van der Waals surface area contributed by atoms with E-state index in [0.717, 1.165) is 27.1 Å². The summed E-state index contributed by atoms with van der Waals surface area (Å²) in [5.74, 6) is 1.54. The number of rotatable bonds is 6. The van der Waals surface area contributed by atoms with Crippen LogP contribution in [-0.4, -0.2) is 28.2 Å². The highest BCUT2D eigenvalue weighted by Crippen LogP contribution is 2.23. The predicted molar refractivity (Wildman–Crippen MR) is 102 cm³/mol. The van der Waals surface area contributed by atoms with Crippen LogP contribution in [0.3, 0.4) is 0 Å². The van der Waals surface area contributed by atoms with Gasteiger partial charge in [-0.15, -0.1) is 0 Å². The lowest BCUT2D eigenvalue weighted by atomic mass is 10.1. The molecule has 1 heterocycles. The number of aromatic amines is 1. The number of halogens is 1. The third kappa shape index (κ3) is 4.55. The molecule has 0 fully saturated rings. The number of hydrogen-bond donors (Lipinski definition) is 1. The molecule has 0 unspecified atom stereocenters. The topological polar surface area (TPSA) is 64.4 Å². The van der Waals surface area contributed by atoms with Gasteiger partial charge in [0, 0.05) is 10.0 Å². The average molecular weight is 419 g/mol. The van der Waals surface area contributed by atoms with Crippen molar-refractivity contribution in [2.45, 2.75) is 6.61 Å². The minimum absolute atomic E-state index is 0.387. The van der Waals surface area contributed by atoms with Crippen LogP contribution in [0.5, 0.6) is 11.5 Å². The number of nitrogens with zero attached hydrogens (tertiary/aromatic N) is 3. The summed E-state index contributed by atoms with van der Waals surface area (Å²) < 4.78 is 14.2. The zero-order valence-electron chi connectivity index (χ0n) is 13.3. The number of H-pyrrole nitrogens is 1. The molecule has 1 N–H and O–H groups in total. The fraction of sp³-hybridized carbons (Fsp3) is 0.118. The zero-order chi connectivity index (χ0) is 17.6. The number of nitrogens with one attached hydrogen (secondary N) is 1. The fourth-order valence-electron chi connectivity index (χ4n) is 2.14. The van der Waals surface area contributed by atoms with Gasteiger partial charge in [-0.25, -0.2) is 0 Å². The monoisotopic (exact) mass is 418 g/mol. The zero-order valence-corrected chi connectivity index (χ0v) is 15.8. The maximum absolute atomic E-state index is 5.83. The second-order valence-electron chi connectivity index (χ2n) is 5.06. The number of hydrogen-bond acceptors (Lipinski definition) is 5. The molecule has 25 heavy (non-hydrogen) atoms. The standard InChI is InChI=1S/C17H15BrN4O2S/c1-23-16-7-2-12(9-20-22-11-19-21-17(22)25)8-13(16)10-24-15-5-3-14(18)4-6-15/h2-9,11H,10H2,1H3,(H,21,25)/b20-9-. The Labute approximate surface area is 158 Å². The van der Waals surface area contributed by atoms with Gasteiger partial charge in [-0.2, -0.15) is 14.9 Å². The summed E-state index contributed by atoms with van der Waals surface area (Å²) in [4.78, 5) is 0. The molecule has 0 saturated carbocycles. The molecule has 2 aromatic carbocycles. The second-order valence-corrected chi connectivity index (χ2v) is 6.37. The van der Waals surface area contributed by atoms with Crippen LogP contribution in [0.4, 0.5) is 0 Å². The first kappa shape index (κ1) is 17.4. The van der Waals surface area contributed by atoms with Crippen molar-refractivity contribution < 1.29 is 9.47 Å². The molecule has 6 nitrogen and oxygen atoms in total. The minimum Gasteiger partial charge on any atom is -0.496 e. The molecule has 3 rings (SSSR count). The second kappa shape index (κ2) is 8.09. The van der Waals surface area contributed by atoms with E-state index in [4.69, 9.17) is 21.7 Å². The van der Waals surface area contributed by atoms with Crippen molar-refractivity contribution in [3.8, 4) is 11.5 Å². The number of aromatic nitrogens is 3. The molecule has 0 saturated heterocycles. The highest BCUT2D eigenvalue weighted by Gasteiger charge is 2.05. The summed E-state index contributed by atoms with van der Waals surface area (Å²) in [7, 11) is 1.64. The Morgan fingerprint density at radius 2 is 2.08 bits per heavy atom. The molecule has 0 aliphatic heterocycles. The van der Waals surface area contributed by atoms with Crippen molar-refractivity contribution in [2.75, 3.05) is 7.11 Å².